The fourth-order valence-corrected chi connectivity index (χ4v) is 11.5. The minimum atomic E-state index is -0.753. The third-order valence-corrected chi connectivity index (χ3v) is 16.0. The van der Waals surface area contributed by atoms with Gasteiger partial charge in [-0.05, 0) is 98.9 Å². The second-order valence-corrected chi connectivity index (χ2v) is 25.4. The molecule has 3 heterocycles. The lowest BCUT2D eigenvalue weighted by molar-refractivity contribution is 0.213. The molecule has 6 heteroatoms. The fraction of sp³-hybridized carbons (Fsp3) is 0.333. The van der Waals surface area contributed by atoms with Crippen LogP contribution >= 0.6 is 0 Å². The minimum Gasteiger partial charge on any atom is -0.340 e. The first kappa shape index (κ1) is 51.1. The maximum absolute atomic E-state index is 11.7. The van der Waals surface area contributed by atoms with Crippen molar-refractivity contribution in [3.8, 4) is 28.8 Å². The van der Waals surface area contributed by atoms with Crippen molar-refractivity contribution in [2.75, 3.05) is 0 Å². The van der Waals surface area contributed by atoms with Crippen LogP contribution in [0.4, 0.5) is 0 Å². The molecular weight excluding hydrogens is 913 g/mol. The van der Waals surface area contributed by atoms with Crippen molar-refractivity contribution in [3.63, 3.8) is 0 Å². The second-order valence-electron chi connectivity index (χ2n) is 25.4. The predicted octanol–water partition coefficient (Wildman–Crippen LogP) is 18.0. The molecule has 1 aliphatic rings. The van der Waals surface area contributed by atoms with Crippen LogP contribution in [0.25, 0.3) is 72.0 Å². The van der Waals surface area contributed by atoms with Gasteiger partial charge >= 0.3 is 0 Å². The first-order valence-corrected chi connectivity index (χ1v) is 27.0. The van der Waals surface area contributed by atoms with Gasteiger partial charge in [0.25, 0.3) is 0 Å². The molecule has 0 saturated heterocycles. The molecule has 0 bridgehead atoms. The zero-order valence-electron chi connectivity index (χ0n) is 46.8. The van der Waals surface area contributed by atoms with Crippen LogP contribution in [0.3, 0.4) is 0 Å². The molecule has 10 rings (SSSR count). The van der Waals surface area contributed by atoms with Gasteiger partial charge in [-0.15, -0.1) is 0 Å². The fourth-order valence-electron chi connectivity index (χ4n) is 11.5. The summed E-state index contributed by atoms with van der Waals surface area (Å²) in [6.07, 6.45) is 9.69. The van der Waals surface area contributed by atoms with E-state index in [1.165, 1.54) is 54.8 Å². The van der Waals surface area contributed by atoms with E-state index in [0.29, 0.717) is 30.4 Å². The van der Waals surface area contributed by atoms with Gasteiger partial charge in [-0.25, -0.2) is 15.0 Å². The lowest BCUT2D eigenvalue weighted by Gasteiger charge is -2.45. The lowest BCUT2D eigenvalue weighted by Crippen LogP contribution is -2.40. The molecule has 0 amide bonds. The summed E-state index contributed by atoms with van der Waals surface area (Å²) in [5.41, 5.74) is 12.3. The van der Waals surface area contributed by atoms with Crippen molar-refractivity contribution in [2.45, 2.75) is 138 Å². The molecule has 0 saturated carbocycles. The number of hydrogen-bond donors (Lipinski definition) is 0. The van der Waals surface area contributed by atoms with Crippen molar-refractivity contribution in [1.29, 1.82) is 5.26 Å². The molecule has 75 heavy (non-hydrogen) atoms. The van der Waals surface area contributed by atoms with E-state index in [0.717, 1.165) is 33.3 Å². The number of nitriles is 1. The molecular formula is C69H74N6. The molecule has 0 fully saturated rings. The third kappa shape index (κ3) is 9.34. The van der Waals surface area contributed by atoms with Crippen molar-refractivity contribution in [1.82, 2.24) is 24.1 Å². The van der Waals surface area contributed by atoms with E-state index in [2.05, 4.69) is 234 Å². The van der Waals surface area contributed by atoms with E-state index in [1.807, 2.05) is 36.4 Å². The van der Waals surface area contributed by atoms with Crippen molar-refractivity contribution in [3.05, 3.63) is 191 Å². The van der Waals surface area contributed by atoms with E-state index in [1.54, 1.807) is 0 Å². The molecule has 9 aromatic rings. The highest BCUT2D eigenvalue weighted by Crippen LogP contribution is 2.55. The molecule has 3 atom stereocenters. The Balaban J connectivity index is 1.31. The highest BCUT2D eigenvalue weighted by atomic mass is 15.1. The predicted molar refractivity (Wildman–Crippen MR) is 316 cm³/mol. The summed E-state index contributed by atoms with van der Waals surface area (Å²) in [4.78, 5) is 16.1. The summed E-state index contributed by atoms with van der Waals surface area (Å²) >= 11 is 0. The Labute approximate surface area is 445 Å². The zero-order chi connectivity index (χ0) is 53.4. The lowest BCUT2D eigenvalue weighted by atomic mass is 9.63. The van der Waals surface area contributed by atoms with E-state index in [9.17, 15) is 5.26 Å². The summed E-state index contributed by atoms with van der Waals surface area (Å²) in [5, 5.41) is 16.6. The van der Waals surface area contributed by atoms with Gasteiger partial charge < -0.3 is 9.13 Å². The molecule has 1 aliphatic carbocycles. The van der Waals surface area contributed by atoms with Gasteiger partial charge in [-0.1, -0.05) is 206 Å². The summed E-state index contributed by atoms with van der Waals surface area (Å²) in [7, 11) is 0. The Hall–Kier alpha value is -7.36. The maximum atomic E-state index is 11.7. The molecule has 0 N–H and O–H groups in total. The van der Waals surface area contributed by atoms with Crippen LogP contribution in [0.1, 0.15) is 137 Å². The van der Waals surface area contributed by atoms with E-state index >= 15 is 0 Å². The topological polar surface area (TPSA) is 72.3 Å². The van der Waals surface area contributed by atoms with E-state index in [-0.39, 0.29) is 27.6 Å². The Bertz CT molecular complexity index is 3590. The SMILES string of the molecule is CC/C=C(/C#N)[C@H](n1c2ccc(C(C)(C)C)cc2c2cc(C(C)(C)C)ccc21)[C@@]1(C)C=CC=C(c2nc(-c3ccccc3)nc(-c3ccccc3)n2)C1Cn1c2ccc(C(C)(C)C)cc2c2cc(C(C)(C)C)ccc21. The Morgan fingerprint density at radius 2 is 0.947 bits per heavy atom. The first-order chi connectivity index (χ1) is 35.5. The number of nitrogens with zero attached hydrogens (tertiary/aromatic N) is 6. The van der Waals surface area contributed by atoms with Crippen molar-refractivity contribution >= 4 is 49.2 Å². The molecule has 0 aliphatic heterocycles. The Morgan fingerprint density at radius 1 is 0.560 bits per heavy atom. The first-order valence-electron chi connectivity index (χ1n) is 27.0. The normalized spacial score (nSPS) is 17.3. The van der Waals surface area contributed by atoms with Crippen LogP contribution in [0.15, 0.2) is 163 Å². The van der Waals surface area contributed by atoms with Crippen LogP contribution in [-0.4, -0.2) is 24.1 Å². The van der Waals surface area contributed by atoms with Gasteiger partial charge in [-0.3, -0.25) is 0 Å². The maximum Gasteiger partial charge on any atom is 0.164 e. The largest absolute Gasteiger partial charge is 0.340 e. The summed E-state index contributed by atoms with van der Waals surface area (Å²) in [6, 6.07) is 51.1. The molecule has 3 aromatic heterocycles. The van der Waals surface area contributed by atoms with Crippen LogP contribution in [0.5, 0.6) is 0 Å². The highest BCUT2D eigenvalue weighted by molar-refractivity contribution is 6.10. The van der Waals surface area contributed by atoms with Gasteiger partial charge in [0.05, 0.1) is 12.1 Å². The van der Waals surface area contributed by atoms with Crippen molar-refractivity contribution in [2.24, 2.45) is 11.3 Å². The Morgan fingerprint density at radius 3 is 1.33 bits per heavy atom. The standard InChI is InChI=1S/C69H74N6/c1-15-23-46(42-70)61(75-59-35-31-49(67(8,9)10)40-54(59)55-41-50(68(11,12)13)32-36-60(55)75)69(14)37-22-28-51(64-72-62(44-24-18-16-19-25-44)71-63(73-64)45-26-20-17-21-27-45)56(69)43-74-57-33-29-47(65(2,3)4)38-52(57)53-39-48(66(5,6)7)30-34-58(53)74/h16-41,56,61H,15,43H2,1-14H3/b46-23-/t56?,61-,69-/m0/s1. The van der Waals surface area contributed by atoms with Gasteiger partial charge in [0, 0.05) is 83.8 Å². The molecule has 0 spiro atoms. The third-order valence-electron chi connectivity index (χ3n) is 16.0. The molecule has 380 valence electrons. The van der Waals surface area contributed by atoms with Gasteiger partial charge in [0.1, 0.15) is 0 Å². The molecule has 1 unspecified atom stereocenters. The number of hydrogen-bond acceptors (Lipinski definition) is 4. The smallest absolute Gasteiger partial charge is 0.164 e. The van der Waals surface area contributed by atoms with Crippen LogP contribution in [0, 0.1) is 22.7 Å². The minimum absolute atomic E-state index is 0.0470. The van der Waals surface area contributed by atoms with E-state index in [4.69, 9.17) is 15.0 Å². The average Bonchev–Trinajstić information content (AvgIpc) is 3.86. The zero-order valence-corrected chi connectivity index (χ0v) is 46.8. The second kappa shape index (κ2) is 18.8. The molecule has 0 radical (unpaired) electrons. The summed E-state index contributed by atoms with van der Waals surface area (Å²) in [6.45, 7) is 32.6. The summed E-state index contributed by atoms with van der Waals surface area (Å²) < 4.78 is 5.07. The number of benzene rings is 6. The molecule has 6 aromatic carbocycles. The number of rotatable bonds is 9. The van der Waals surface area contributed by atoms with Crippen LogP contribution in [-0.2, 0) is 28.2 Å². The van der Waals surface area contributed by atoms with Gasteiger partial charge in [0.15, 0.2) is 17.5 Å². The van der Waals surface area contributed by atoms with Gasteiger partial charge in [-0.2, -0.15) is 5.26 Å². The monoisotopic (exact) mass is 987 g/mol. The van der Waals surface area contributed by atoms with Crippen LogP contribution < -0.4 is 0 Å². The summed E-state index contributed by atoms with van der Waals surface area (Å²) in [5.74, 6) is 1.57. The number of aromatic nitrogens is 5. The highest BCUT2D eigenvalue weighted by Gasteiger charge is 2.48. The number of allylic oxidation sites excluding steroid dienone is 6. The van der Waals surface area contributed by atoms with Crippen molar-refractivity contribution < 1.29 is 0 Å². The van der Waals surface area contributed by atoms with Gasteiger partial charge in [0.2, 0.25) is 0 Å². The van der Waals surface area contributed by atoms with E-state index < -0.39 is 11.5 Å². The quantitative estimate of drug-likeness (QED) is 0.135. The average molecular weight is 987 g/mol. The number of fused-ring (bicyclic) bond motifs is 6. The van der Waals surface area contributed by atoms with Crippen LogP contribution in [0.2, 0.25) is 0 Å². The molecule has 6 nitrogen and oxygen atoms in total. The Kier molecular flexibility index (Phi) is 12.8.